The normalized spacial score (nSPS) is 12.5. The molecule has 3 rings (SSSR count). The Kier molecular flexibility index (Phi) is 10.1. The molecule has 0 aliphatic heterocycles. The van der Waals surface area contributed by atoms with Crippen LogP contribution in [-0.4, -0.2) is 46.8 Å². The van der Waals surface area contributed by atoms with Crippen LogP contribution >= 0.6 is 24.0 Å². The predicted molar refractivity (Wildman–Crippen MR) is 136 cm³/mol. The molecule has 0 spiro atoms. The first kappa shape index (κ1) is 24.9. The number of fused-ring (bicyclic) bond motifs is 1. The number of aromatic amines is 1. The number of nitrogens with zero attached hydrogens (tertiary/aromatic N) is 2. The largest absolute Gasteiger partial charge is 0.491 e. The number of aliphatic hydroxyl groups excluding tert-OH is 1. The number of guanidine groups is 1. The van der Waals surface area contributed by atoms with E-state index >= 15 is 0 Å². The molecule has 1 aromatic heterocycles. The van der Waals surface area contributed by atoms with Crippen molar-refractivity contribution in [2.75, 3.05) is 19.6 Å². The molecule has 0 saturated heterocycles. The van der Waals surface area contributed by atoms with Gasteiger partial charge < -0.3 is 25.5 Å². The second kappa shape index (κ2) is 12.5. The van der Waals surface area contributed by atoms with Crippen LogP contribution in [-0.2, 0) is 6.42 Å². The van der Waals surface area contributed by atoms with Gasteiger partial charge in [-0.1, -0.05) is 24.3 Å². The molecule has 2 aromatic carbocycles. The van der Waals surface area contributed by atoms with Gasteiger partial charge in [0.1, 0.15) is 11.6 Å². The standard InChI is InChI=1S/C23H31N5O2.HI/c1-4-24-23(25-13-12-22-27-19-10-5-6-11-20(19)28-22)26-15-21(29)17-8-7-9-18(14-17)30-16(2)3;/h5-11,14,16,21,29H,4,12-13,15H2,1-3H3,(H,27,28)(H2,24,25,26);1H. The number of nitrogens with one attached hydrogen (secondary N) is 3. The lowest BCUT2D eigenvalue weighted by molar-refractivity contribution is 0.185. The Morgan fingerprint density at radius 1 is 1.16 bits per heavy atom. The first-order valence-electron chi connectivity index (χ1n) is 10.5. The summed E-state index contributed by atoms with van der Waals surface area (Å²) in [5, 5.41) is 17.1. The molecule has 31 heavy (non-hydrogen) atoms. The highest BCUT2D eigenvalue weighted by atomic mass is 127. The van der Waals surface area contributed by atoms with E-state index in [9.17, 15) is 5.11 Å². The minimum Gasteiger partial charge on any atom is -0.491 e. The molecule has 168 valence electrons. The Morgan fingerprint density at radius 2 is 1.97 bits per heavy atom. The maximum atomic E-state index is 10.5. The fourth-order valence-corrected chi connectivity index (χ4v) is 3.12. The second-order valence-corrected chi connectivity index (χ2v) is 7.35. The third-order valence-corrected chi connectivity index (χ3v) is 4.47. The zero-order chi connectivity index (χ0) is 21.3. The van der Waals surface area contributed by atoms with Crippen molar-refractivity contribution in [2.24, 2.45) is 4.99 Å². The molecule has 8 heteroatoms. The van der Waals surface area contributed by atoms with E-state index in [1.165, 1.54) is 0 Å². The van der Waals surface area contributed by atoms with Gasteiger partial charge in [-0.3, -0.25) is 4.99 Å². The topological polar surface area (TPSA) is 94.6 Å². The molecule has 7 nitrogen and oxygen atoms in total. The number of aromatic nitrogens is 2. The third kappa shape index (κ3) is 7.70. The van der Waals surface area contributed by atoms with Crippen LogP contribution in [0.4, 0.5) is 0 Å². The number of imidazole rings is 1. The summed E-state index contributed by atoms with van der Waals surface area (Å²) >= 11 is 0. The first-order chi connectivity index (χ1) is 14.5. The number of ether oxygens (including phenoxy) is 1. The van der Waals surface area contributed by atoms with E-state index in [2.05, 4.69) is 25.6 Å². The van der Waals surface area contributed by atoms with E-state index in [-0.39, 0.29) is 36.6 Å². The summed E-state index contributed by atoms with van der Waals surface area (Å²) in [4.78, 5) is 12.4. The number of aliphatic imine (C=N–C) groups is 1. The van der Waals surface area contributed by atoms with E-state index in [0.717, 1.165) is 41.1 Å². The number of hydrogen-bond acceptors (Lipinski definition) is 4. The summed E-state index contributed by atoms with van der Waals surface area (Å²) < 4.78 is 5.71. The minimum absolute atomic E-state index is 0. The Labute approximate surface area is 200 Å². The molecular formula is C23H32IN5O2. The van der Waals surface area contributed by atoms with Crippen molar-refractivity contribution >= 4 is 41.0 Å². The number of aliphatic hydroxyl groups is 1. The molecule has 1 unspecified atom stereocenters. The highest BCUT2D eigenvalue weighted by Gasteiger charge is 2.10. The van der Waals surface area contributed by atoms with Gasteiger partial charge in [-0.05, 0) is 50.6 Å². The molecule has 0 aliphatic carbocycles. The lowest BCUT2D eigenvalue weighted by Gasteiger charge is -2.15. The molecular weight excluding hydrogens is 505 g/mol. The fourth-order valence-electron chi connectivity index (χ4n) is 3.12. The number of hydrogen-bond donors (Lipinski definition) is 4. The van der Waals surface area contributed by atoms with E-state index in [0.29, 0.717) is 12.5 Å². The molecule has 1 atom stereocenters. The van der Waals surface area contributed by atoms with Gasteiger partial charge in [0.25, 0.3) is 0 Å². The van der Waals surface area contributed by atoms with Crippen LogP contribution in [0, 0.1) is 0 Å². The van der Waals surface area contributed by atoms with Gasteiger partial charge in [-0.15, -0.1) is 24.0 Å². The predicted octanol–water partition coefficient (Wildman–Crippen LogP) is 3.80. The van der Waals surface area contributed by atoms with E-state index < -0.39 is 6.10 Å². The number of para-hydroxylation sites is 2. The fraction of sp³-hybridized carbons (Fsp3) is 0.391. The number of benzene rings is 2. The van der Waals surface area contributed by atoms with Gasteiger partial charge in [0.15, 0.2) is 5.96 Å². The van der Waals surface area contributed by atoms with Crippen LogP contribution in [0.15, 0.2) is 53.5 Å². The molecule has 0 aliphatic rings. The summed E-state index contributed by atoms with van der Waals surface area (Å²) in [6.07, 6.45) is 0.134. The van der Waals surface area contributed by atoms with Crippen LogP contribution in [0.5, 0.6) is 5.75 Å². The summed E-state index contributed by atoms with van der Waals surface area (Å²) in [7, 11) is 0. The lowest BCUT2D eigenvalue weighted by Crippen LogP contribution is -2.38. The Hall–Kier alpha value is -2.33. The van der Waals surface area contributed by atoms with Crippen LogP contribution < -0.4 is 15.4 Å². The van der Waals surface area contributed by atoms with Crippen LogP contribution in [0.3, 0.4) is 0 Å². The van der Waals surface area contributed by atoms with Gasteiger partial charge in [-0.25, -0.2) is 4.98 Å². The summed E-state index contributed by atoms with van der Waals surface area (Å²) in [5.41, 5.74) is 2.80. The van der Waals surface area contributed by atoms with Crippen LogP contribution in [0.25, 0.3) is 11.0 Å². The smallest absolute Gasteiger partial charge is 0.191 e. The number of H-pyrrole nitrogens is 1. The van der Waals surface area contributed by atoms with Crippen molar-refractivity contribution in [3.63, 3.8) is 0 Å². The van der Waals surface area contributed by atoms with Gasteiger partial charge in [0.05, 0.1) is 29.8 Å². The highest BCUT2D eigenvalue weighted by molar-refractivity contribution is 14.0. The molecule has 0 radical (unpaired) electrons. The van der Waals surface area contributed by atoms with Crippen molar-refractivity contribution in [3.8, 4) is 5.75 Å². The molecule has 3 aromatic rings. The van der Waals surface area contributed by atoms with Crippen LogP contribution in [0.1, 0.15) is 38.3 Å². The van der Waals surface area contributed by atoms with Gasteiger partial charge in [0, 0.05) is 19.5 Å². The summed E-state index contributed by atoms with van der Waals surface area (Å²) in [6, 6.07) is 15.5. The maximum Gasteiger partial charge on any atom is 0.191 e. The molecule has 0 amide bonds. The molecule has 0 saturated carbocycles. The van der Waals surface area contributed by atoms with Crippen molar-refractivity contribution in [2.45, 2.75) is 39.4 Å². The van der Waals surface area contributed by atoms with E-state index in [4.69, 9.17) is 4.74 Å². The maximum absolute atomic E-state index is 10.5. The zero-order valence-electron chi connectivity index (χ0n) is 18.3. The van der Waals surface area contributed by atoms with Gasteiger partial charge in [-0.2, -0.15) is 0 Å². The molecule has 1 heterocycles. The van der Waals surface area contributed by atoms with Gasteiger partial charge in [0.2, 0.25) is 0 Å². The monoisotopic (exact) mass is 537 g/mol. The van der Waals surface area contributed by atoms with Crippen molar-refractivity contribution in [3.05, 3.63) is 59.9 Å². The molecule has 4 N–H and O–H groups in total. The van der Waals surface area contributed by atoms with Crippen molar-refractivity contribution in [1.82, 2.24) is 20.6 Å². The quantitative estimate of drug-likeness (QED) is 0.189. The average molecular weight is 537 g/mol. The summed E-state index contributed by atoms with van der Waals surface area (Å²) in [6.45, 7) is 7.65. The van der Waals surface area contributed by atoms with E-state index in [1.807, 2.05) is 69.3 Å². The first-order valence-corrected chi connectivity index (χ1v) is 10.5. The SMILES string of the molecule is CCNC(=NCC(O)c1cccc(OC(C)C)c1)NCCc1nc2ccccc2[nH]1.I. The lowest BCUT2D eigenvalue weighted by atomic mass is 10.1. The Morgan fingerprint density at radius 3 is 2.71 bits per heavy atom. The summed E-state index contributed by atoms with van der Waals surface area (Å²) in [5.74, 6) is 2.35. The third-order valence-electron chi connectivity index (χ3n) is 4.47. The molecule has 0 fully saturated rings. The minimum atomic E-state index is -0.702. The molecule has 0 bridgehead atoms. The second-order valence-electron chi connectivity index (χ2n) is 7.35. The van der Waals surface area contributed by atoms with Crippen LogP contribution in [0.2, 0.25) is 0 Å². The van der Waals surface area contributed by atoms with E-state index in [1.54, 1.807) is 0 Å². The average Bonchev–Trinajstić information content (AvgIpc) is 3.14. The van der Waals surface area contributed by atoms with Crippen molar-refractivity contribution in [1.29, 1.82) is 0 Å². The Balaban J connectivity index is 0.00000341. The number of halogens is 1. The highest BCUT2D eigenvalue weighted by Crippen LogP contribution is 2.20. The van der Waals surface area contributed by atoms with Crippen molar-refractivity contribution < 1.29 is 9.84 Å². The Bertz CT molecular complexity index is 940. The van der Waals surface area contributed by atoms with Gasteiger partial charge >= 0.3 is 0 Å². The zero-order valence-corrected chi connectivity index (χ0v) is 20.6. The number of rotatable bonds is 9.